The van der Waals surface area contributed by atoms with Gasteiger partial charge in [0.05, 0.1) is 17.3 Å². The molecule has 0 aliphatic rings. The zero-order valence-electron chi connectivity index (χ0n) is 14.8. The normalized spacial score (nSPS) is 10.5. The Morgan fingerprint density at radius 3 is 2.23 bits per heavy atom. The van der Waals surface area contributed by atoms with E-state index >= 15 is 0 Å². The number of nitrogens with zero attached hydrogens (tertiary/aromatic N) is 2. The molecule has 0 aliphatic carbocycles. The van der Waals surface area contributed by atoms with Gasteiger partial charge in [0.2, 0.25) is 0 Å². The highest BCUT2D eigenvalue weighted by molar-refractivity contribution is 6.46. The van der Waals surface area contributed by atoms with E-state index in [9.17, 15) is 4.79 Å². The van der Waals surface area contributed by atoms with E-state index in [0.29, 0.717) is 5.69 Å². The minimum Gasteiger partial charge on any atom is -0.461 e. The Kier molecular flexibility index (Phi) is 7.38. The molecule has 0 saturated heterocycles. The van der Waals surface area contributed by atoms with Crippen LogP contribution in [0.2, 0.25) is 15.2 Å². The van der Waals surface area contributed by atoms with Crippen molar-refractivity contribution in [3.8, 4) is 0 Å². The van der Waals surface area contributed by atoms with Gasteiger partial charge in [0.25, 0.3) is 0 Å². The number of carbonyl (C=O) groups excluding carboxylic acids is 1. The fourth-order valence-corrected chi connectivity index (χ4v) is 3.12. The number of carbonyl (C=O) groups is 1. The molecule has 2 aromatic rings. The number of halogens is 3. The quantitative estimate of drug-likeness (QED) is 0.456. The van der Waals surface area contributed by atoms with Gasteiger partial charge in [-0.2, -0.15) is 0 Å². The molecule has 140 valence electrons. The summed E-state index contributed by atoms with van der Waals surface area (Å²) in [7, 11) is 0. The third-order valence-corrected chi connectivity index (χ3v) is 4.88. The molecule has 1 heterocycles. The standard InChI is InChI=1S/C18H20Cl3N3O2/c1-4-24(5-2)12-9-7-11(8-10-12)22-15-13(19)16(18(25)26-6-3)23-17(21)14(15)20/h7-10H,4-6H2,1-3H3,(H,22,23). The number of esters is 1. The average Bonchev–Trinajstić information content (AvgIpc) is 2.64. The second-order valence-corrected chi connectivity index (χ2v) is 6.43. The van der Waals surface area contributed by atoms with Crippen LogP contribution in [-0.4, -0.2) is 30.6 Å². The van der Waals surface area contributed by atoms with Crippen molar-refractivity contribution in [2.75, 3.05) is 29.9 Å². The van der Waals surface area contributed by atoms with Gasteiger partial charge in [0.1, 0.15) is 5.02 Å². The van der Waals surface area contributed by atoms with Gasteiger partial charge in [0.15, 0.2) is 10.8 Å². The topological polar surface area (TPSA) is 54.5 Å². The first kappa shape index (κ1) is 20.6. The van der Waals surface area contributed by atoms with E-state index in [1.54, 1.807) is 6.92 Å². The van der Waals surface area contributed by atoms with Gasteiger partial charge in [-0.1, -0.05) is 34.8 Å². The molecule has 8 heteroatoms. The van der Waals surface area contributed by atoms with Crippen molar-refractivity contribution >= 4 is 57.8 Å². The minimum absolute atomic E-state index is 0.0265. The smallest absolute Gasteiger partial charge is 0.358 e. The van der Waals surface area contributed by atoms with Crippen molar-refractivity contribution in [1.29, 1.82) is 0 Å². The van der Waals surface area contributed by atoms with Crippen LogP contribution in [0.5, 0.6) is 0 Å². The minimum atomic E-state index is -0.656. The number of nitrogens with one attached hydrogen (secondary N) is 1. The Morgan fingerprint density at radius 2 is 1.69 bits per heavy atom. The van der Waals surface area contributed by atoms with Gasteiger partial charge in [0, 0.05) is 24.5 Å². The molecule has 5 nitrogen and oxygen atoms in total. The Balaban J connectivity index is 2.35. The maximum Gasteiger partial charge on any atom is 0.358 e. The highest BCUT2D eigenvalue weighted by Gasteiger charge is 2.22. The number of pyridine rings is 1. The lowest BCUT2D eigenvalue weighted by Crippen LogP contribution is -2.21. The molecular weight excluding hydrogens is 397 g/mol. The summed E-state index contributed by atoms with van der Waals surface area (Å²) < 4.78 is 4.95. The third kappa shape index (κ3) is 4.53. The first-order valence-electron chi connectivity index (χ1n) is 8.26. The molecule has 1 aromatic carbocycles. The van der Waals surface area contributed by atoms with Crippen LogP contribution in [0.1, 0.15) is 31.3 Å². The molecule has 0 aliphatic heterocycles. The van der Waals surface area contributed by atoms with Crippen LogP contribution in [-0.2, 0) is 4.74 Å². The Hall–Kier alpha value is -1.69. The van der Waals surface area contributed by atoms with E-state index in [1.807, 2.05) is 24.3 Å². The first-order valence-corrected chi connectivity index (χ1v) is 9.39. The fraction of sp³-hybridized carbons (Fsp3) is 0.333. The lowest BCUT2D eigenvalue weighted by Gasteiger charge is -2.21. The van der Waals surface area contributed by atoms with E-state index in [4.69, 9.17) is 39.5 Å². The van der Waals surface area contributed by atoms with Gasteiger partial charge in [-0.15, -0.1) is 0 Å². The lowest BCUT2D eigenvalue weighted by molar-refractivity contribution is 0.0520. The molecule has 1 N–H and O–H groups in total. The summed E-state index contributed by atoms with van der Waals surface area (Å²) in [5, 5.41) is 3.28. The van der Waals surface area contributed by atoms with E-state index in [2.05, 4.69) is 29.0 Å². The van der Waals surface area contributed by atoms with E-state index in [0.717, 1.165) is 24.5 Å². The molecule has 0 bridgehead atoms. The summed E-state index contributed by atoms with van der Waals surface area (Å²) in [6.07, 6.45) is 0. The molecule has 1 aromatic heterocycles. The number of hydrogen-bond acceptors (Lipinski definition) is 5. The van der Waals surface area contributed by atoms with Crippen LogP contribution in [0.25, 0.3) is 0 Å². The Bertz CT molecular complexity index is 778. The summed E-state index contributed by atoms with van der Waals surface area (Å²) in [5.74, 6) is -0.656. The largest absolute Gasteiger partial charge is 0.461 e. The molecule has 0 atom stereocenters. The van der Waals surface area contributed by atoms with Crippen LogP contribution in [0.4, 0.5) is 17.1 Å². The third-order valence-electron chi connectivity index (χ3n) is 3.77. The van der Waals surface area contributed by atoms with Crippen LogP contribution < -0.4 is 10.2 Å². The molecular formula is C18H20Cl3N3O2. The molecule has 0 radical (unpaired) electrons. The average molecular weight is 417 g/mol. The second kappa shape index (κ2) is 9.31. The van der Waals surface area contributed by atoms with Crippen LogP contribution >= 0.6 is 34.8 Å². The maximum atomic E-state index is 12.0. The van der Waals surface area contributed by atoms with Crippen molar-refractivity contribution in [3.05, 3.63) is 45.2 Å². The molecule has 0 unspecified atom stereocenters. The molecule has 0 saturated carbocycles. The predicted molar refractivity (Wildman–Crippen MR) is 109 cm³/mol. The summed E-state index contributed by atoms with van der Waals surface area (Å²) in [4.78, 5) is 18.2. The van der Waals surface area contributed by atoms with Crippen molar-refractivity contribution in [3.63, 3.8) is 0 Å². The highest BCUT2D eigenvalue weighted by Crippen LogP contribution is 2.39. The summed E-state index contributed by atoms with van der Waals surface area (Å²) in [6, 6.07) is 7.79. The number of rotatable bonds is 7. The maximum absolute atomic E-state index is 12.0. The van der Waals surface area contributed by atoms with Gasteiger partial charge in [-0.3, -0.25) is 0 Å². The van der Waals surface area contributed by atoms with Gasteiger partial charge >= 0.3 is 5.97 Å². The zero-order valence-corrected chi connectivity index (χ0v) is 17.0. The van der Waals surface area contributed by atoms with E-state index < -0.39 is 5.97 Å². The number of anilines is 3. The molecule has 0 spiro atoms. The zero-order chi connectivity index (χ0) is 19.3. The van der Waals surface area contributed by atoms with Crippen molar-refractivity contribution in [1.82, 2.24) is 4.98 Å². The molecule has 2 rings (SSSR count). The summed E-state index contributed by atoms with van der Waals surface area (Å²) in [6.45, 7) is 7.94. The molecule has 26 heavy (non-hydrogen) atoms. The summed E-state index contributed by atoms with van der Waals surface area (Å²) in [5.41, 5.74) is 2.09. The lowest BCUT2D eigenvalue weighted by atomic mass is 10.2. The van der Waals surface area contributed by atoms with E-state index in [1.165, 1.54) is 0 Å². The number of hydrogen-bond donors (Lipinski definition) is 1. The fourth-order valence-electron chi connectivity index (χ4n) is 2.45. The number of ether oxygens (including phenoxy) is 1. The van der Waals surface area contributed by atoms with E-state index in [-0.39, 0.29) is 27.5 Å². The second-order valence-electron chi connectivity index (χ2n) is 5.32. The monoisotopic (exact) mass is 415 g/mol. The SMILES string of the molecule is CCOC(=O)c1nc(Cl)c(Cl)c(Nc2ccc(N(CC)CC)cc2)c1Cl. The van der Waals surface area contributed by atoms with Crippen LogP contribution in [0.15, 0.2) is 24.3 Å². The molecule has 0 fully saturated rings. The van der Waals surface area contributed by atoms with Gasteiger partial charge in [-0.05, 0) is 45.0 Å². The molecule has 0 amide bonds. The van der Waals surface area contributed by atoms with Crippen molar-refractivity contribution < 1.29 is 9.53 Å². The van der Waals surface area contributed by atoms with Crippen molar-refractivity contribution in [2.24, 2.45) is 0 Å². The Labute approximate surface area is 168 Å². The first-order chi connectivity index (χ1) is 12.4. The van der Waals surface area contributed by atoms with Gasteiger partial charge in [-0.25, -0.2) is 9.78 Å². The van der Waals surface area contributed by atoms with Crippen molar-refractivity contribution in [2.45, 2.75) is 20.8 Å². The number of aromatic nitrogens is 1. The van der Waals surface area contributed by atoms with Crippen LogP contribution in [0, 0.1) is 0 Å². The predicted octanol–water partition coefficient (Wildman–Crippen LogP) is 5.81. The number of benzene rings is 1. The summed E-state index contributed by atoms with van der Waals surface area (Å²) >= 11 is 18.6. The van der Waals surface area contributed by atoms with Gasteiger partial charge < -0.3 is 15.0 Å². The van der Waals surface area contributed by atoms with Crippen LogP contribution in [0.3, 0.4) is 0 Å². The Morgan fingerprint density at radius 1 is 1.08 bits per heavy atom. The highest BCUT2D eigenvalue weighted by atomic mass is 35.5.